The van der Waals surface area contributed by atoms with Crippen LogP contribution in [0.5, 0.6) is 5.75 Å². The van der Waals surface area contributed by atoms with Crippen molar-refractivity contribution < 1.29 is 14.3 Å². The van der Waals surface area contributed by atoms with Gasteiger partial charge in [0.1, 0.15) is 11.4 Å². The Morgan fingerprint density at radius 1 is 1.00 bits per heavy atom. The van der Waals surface area contributed by atoms with Crippen LogP contribution in [-0.2, 0) is 9.53 Å². The van der Waals surface area contributed by atoms with Gasteiger partial charge in [-0.3, -0.25) is 4.79 Å². The van der Waals surface area contributed by atoms with E-state index >= 15 is 0 Å². The minimum Gasteiger partial charge on any atom is -0.497 e. The Morgan fingerprint density at radius 3 is 2.00 bits per heavy atom. The molecule has 0 radical (unpaired) electrons. The van der Waals surface area contributed by atoms with E-state index in [0.29, 0.717) is 12.8 Å². The van der Waals surface area contributed by atoms with Gasteiger partial charge in [-0.25, -0.2) is 0 Å². The summed E-state index contributed by atoms with van der Waals surface area (Å²) >= 11 is 3.47. The molecule has 2 aromatic rings. The molecular formula is C21H25BrO3. The number of hydrogen-bond donors (Lipinski definition) is 0. The van der Waals surface area contributed by atoms with E-state index in [0.717, 1.165) is 15.8 Å². The first kappa shape index (κ1) is 19.5. The van der Waals surface area contributed by atoms with Gasteiger partial charge in [-0.05, 0) is 62.6 Å². The number of halogens is 1. The molecule has 3 nitrogen and oxygen atoms in total. The zero-order valence-corrected chi connectivity index (χ0v) is 16.8. The highest BCUT2D eigenvalue weighted by Gasteiger charge is 2.20. The molecule has 1 atom stereocenters. The number of methoxy groups -OCH3 is 1. The number of hydrogen-bond acceptors (Lipinski definition) is 3. The second-order valence-electron chi connectivity index (χ2n) is 7.00. The molecule has 4 heteroatoms. The van der Waals surface area contributed by atoms with Crippen molar-refractivity contribution in [2.75, 3.05) is 7.11 Å². The van der Waals surface area contributed by atoms with Crippen molar-refractivity contribution in [3.8, 4) is 5.75 Å². The number of rotatable bonds is 6. The van der Waals surface area contributed by atoms with Gasteiger partial charge in [-0.2, -0.15) is 0 Å². The predicted molar refractivity (Wildman–Crippen MR) is 104 cm³/mol. The van der Waals surface area contributed by atoms with Gasteiger partial charge in [0.05, 0.1) is 7.11 Å². The van der Waals surface area contributed by atoms with Crippen molar-refractivity contribution >= 4 is 21.9 Å². The van der Waals surface area contributed by atoms with Crippen LogP contribution in [0, 0.1) is 0 Å². The smallest absolute Gasteiger partial charge is 0.306 e. The largest absolute Gasteiger partial charge is 0.497 e. The summed E-state index contributed by atoms with van der Waals surface area (Å²) in [4.78, 5) is 12.1. The summed E-state index contributed by atoms with van der Waals surface area (Å²) in [5.74, 6) is 0.792. The third-order valence-electron chi connectivity index (χ3n) is 3.85. The molecule has 0 saturated carbocycles. The van der Waals surface area contributed by atoms with Gasteiger partial charge in [0, 0.05) is 16.8 Å². The molecule has 0 fully saturated rings. The number of benzene rings is 2. The monoisotopic (exact) mass is 404 g/mol. The minimum atomic E-state index is -0.454. The lowest BCUT2D eigenvalue weighted by Gasteiger charge is -2.22. The van der Waals surface area contributed by atoms with E-state index in [4.69, 9.17) is 9.47 Å². The van der Waals surface area contributed by atoms with Gasteiger partial charge in [0.25, 0.3) is 0 Å². The fourth-order valence-electron chi connectivity index (χ4n) is 2.71. The first-order chi connectivity index (χ1) is 11.8. The lowest BCUT2D eigenvalue weighted by molar-refractivity contribution is -0.154. The summed E-state index contributed by atoms with van der Waals surface area (Å²) in [6.07, 6.45) is 1.08. The van der Waals surface area contributed by atoms with E-state index < -0.39 is 5.60 Å². The van der Waals surface area contributed by atoms with E-state index in [-0.39, 0.29) is 11.9 Å². The fourth-order valence-corrected chi connectivity index (χ4v) is 2.98. The summed E-state index contributed by atoms with van der Waals surface area (Å²) in [6, 6.07) is 16.3. The zero-order chi connectivity index (χ0) is 18.4. The van der Waals surface area contributed by atoms with Gasteiger partial charge < -0.3 is 9.47 Å². The Balaban J connectivity index is 2.19. The summed E-state index contributed by atoms with van der Waals surface area (Å²) in [6.45, 7) is 5.67. The van der Waals surface area contributed by atoms with Gasteiger partial charge in [0.15, 0.2) is 0 Å². The lowest BCUT2D eigenvalue weighted by Crippen LogP contribution is -2.24. The Morgan fingerprint density at radius 2 is 1.52 bits per heavy atom. The number of carbonyl (C=O) groups is 1. The standard InChI is InChI=1S/C21H25BrO3/c1-21(2,3)25-20(23)14-13-19(15-5-9-17(22)10-6-15)16-7-11-18(24-4)12-8-16/h5-12,19H,13-14H2,1-4H3. The van der Waals surface area contributed by atoms with E-state index in [1.165, 1.54) is 5.56 Å². The molecule has 0 aromatic heterocycles. The van der Waals surface area contributed by atoms with Crippen molar-refractivity contribution in [1.29, 1.82) is 0 Å². The maximum absolute atomic E-state index is 12.1. The Labute approximate surface area is 158 Å². The molecule has 2 aromatic carbocycles. The quantitative estimate of drug-likeness (QED) is 0.578. The van der Waals surface area contributed by atoms with E-state index in [2.05, 4.69) is 40.2 Å². The van der Waals surface area contributed by atoms with Crippen LogP contribution in [0.15, 0.2) is 53.0 Å². The minimum absolute atomic E-state index is 0.131. The van der Waals surface area contributed by atoms with Gasteiger partial charge in [-0.1, -0.05) is 40.2 Å². The van der Waals surface area contributed by atoms with Gasteiger partial charge in [0.2, 0.25) is 0 Å². The van der Waals surface area contributed by atoms with Crippen LogP contribution in [0.2, 0.25) is 0 Å². The molecule has 0 spiro atoms. The maximum atomic E-state index is 12.1. The highest BCUT2D eigenvalue weighted by atomic mass is 79.9. The molecule has 0 aliphatic heterocycles. The second kappa shape index (κ2) is 8.52. The van der Waals surface area contributed by atoms with Crippen LogP contribution in [0.4, 0.5) is 0 Å². The van der Waals surface area contributed by atoms with E-state index in [1.807, 2.05) is 45.0 Å². The highest BCUT2D eigenvalue weighted by Crippen LogP contribution is 2.31. The Kier molecular flexibility index (Phi) is 6.65. The molecule has 0 N–H and O–H groups in total. The van der Waals surface area contributed by atoms with Crippen LogP contribution in [0.25, 0.3) is 0 Å². The number of carbonyl (C=O) groups excluding carboxylic acids is 1. The maximum Gasteiger partial charge on any atom is 0.306 e. The molecule has 0 aliphatic rings. The molecule has 0 aliphatic carbocycles. The average molecular weight is 405 g/mol. The van der Waals surface area contributed by atoms with Crippen LogP contribution in [0.1, 0.15) is 50.7 Å². The summed E-state index contributed by atoms with van der Waals surface area (Å²) in [5.41, 5.74) is 1.88. The molecule has 25 heavy (non-hydrogen) atoms. The van der Waals surface area contributed by atoms with E-state index in [1.54, 1.807) is 7.11 Å². The van der Waals surface area contributed by atoms with Crippen LogP contribution in [0.3, 0.4) is 0 Å². The van der Waals surface area contributed by atoms with Crippen molar-refractivity contribution in [2.45, 2.75) is 45.1 Å². The Hall–Kier alpha value is -1.81. The second-order valence-corrected chi connectivity index (χ2v) is 7.92. The SMILES string of the molecule is COc1ccc(C(CCC(=O)OC(C)(C)C)c2ccc(Br)cc2)cc1. The van der Waals surface area contributed by atoms with Gasteiger partial charge in [-0.15, -0.1) is 0 Å². The van der Waals surface area contributed by atoms with Crippen molar-refractivity contribution in [3.63, 3.8) is 0 Å². The highest BCUT2D eigenvalue weighted by molar-refractivity contribution is 9.10. The van der Waals surface area contributed by atoms with Crippen LogP contribution >= 0.6 is 15.9 Å². The molecule has 0 heterocycles. The summed E-state index contributed by atoms with van der Waals surface area (Å²) in [5, 5.41) is 0. The first-order valence-electron chi connectivity index (χ1n) is 8.40. The molecule has 2 rings (SSSR count). The topological polar surface area (TPSA) is 35.5 Å². The Bertz CT molecular complexity index is 685. The lowest BCUT2D eigenvalue weighted by atomic mass is 9.87. The number of esters is 1. The normalized spacial score (nSPS) is 12.5. The third-order valence-corrected chi connectivity index (χ3v) is 4.38. The van der Waals surface area contributed by atoms with Crippen molar-refractivity contribution in [3.05, 3.63) is 64.1 Å². The summed E-state index contributed by atoms with van der Waals surface area (Å²) < 4.78 is 11.7. The predicted octanol–water partition coefficient (Wildman–Crippen LogP) is 5.71. The zero-order valence-electron chi connectivity index (χ0n) is 15.2. The number of ether oxygens (including phenoxy) is 2. The van der Waals surface area contributed by atoms with Crippen molar-refractivity contribution in [1.82, 2.24) is 0 Å². The fraction of sp³-hybridized carbons (Fsp3) is 0.381. The molecule has 1 unspecified atom stereocenters. The molecule has 0 amide bonds. The molecule has 0 saturated heterocycles. The van der Waals surface area contributed by atoms with Gasteiger partial charge >= 0.3 is 5.97 Å². The molecular weight excluding hydrogens is 380 g/mol. The first-order valence-corrected chi connectivity index (χ1v) is 9.19. The van der Waals surface area contributed by atoms with E-state index in [9.17, 15) is 4.79 Å². The third kappa shape index (κ3) is 6.20. The molecule has 0 bridgehead atoms. The average Bonchev–Trinajstić information content (AvgIpc) is 2.55. The van der Waals surface area contributed by atoms with Crippen LogP contribution < -0.4 is 4.74 Å². The summed E-state index contributed by atoms with van der Waals surface area (Å²) in [7, 11) is 1.66. The molecule has 134 valence electrons. The van der Waals surface area contributed by atoms with Crippen LogP contribution in [-0.4, -0.2) is 18.7 Å². The van der Waals surface area contributed by atoms with Crippen molar-refractivity contribution in [2.24, 2.45) is 0 Å².